The zero-order valence-electron chi connectivity index (χ0n) is 26.9. The molecule has 4 aliphatic rings. The van der Waals surface area contributed by atoms with Crippen molar-refractivity contribution in [1.82, 2.24) is 14.7 Å². The topological polar surface area (TPSA) is 119 Å². The Balaban J connectivity index is 1.35. The Kier molecular flexibility index (Phi) is 9.75. The number of halogens is 1. The molecule has 2 aromatic rings. The minimum atomic E-state index is -1.01. The Labute approximate surface area is 280 Å². The first-order valence-electron chi connectivity index (χ1n) is 16.8. The molecule has 0 aliphatic carbocycles. The van der Waals surface area contributed by atoms with E-state index in [-0.39, 0.29) is 29.5 Å². The predicted molar refractivity (Wildman–Crippen MR) is 182 cm³/mol. The van der Waals surface area contributed by atoms with Crippen LogP contribution in [-0.2, 0) is 17.8 Å². The molecule has 3 amide bonds. The van der Waals surface area contributed by atoms with Crippen LogP contribution < -0.4 is 11.1 Å². The molecule has 248 valence electrons. The van der Waals surface area contributed by atoms with Crippen molar-refractivity contribution in [2.24, 2.45) is 11.8 Å². The first-order valence-corrected chi connectivity index (χ1v) is 17.6. The van der Waals surface area contributed by atoms with Crippen molar-refractivity contribution in [2.75, 3.05) is 57.4 Å². The molecule has 10 nitrogen and oxygen atoms in total. The highest BCUT2D eigenvalue weighted by Crippen LogP contribution is 2.47. The van der Waals surface area contributed by atoms with E-state index in [0.717, 1.165) is 66.6 Å². The quantitative estimate of drug-likeness (QED) is 0.196. The van der Waals surface area contributed by atoms with E-state index in [9.17, 15) is 19.5 Å². The van der Waals surface area contributed by atoms with Crippen LogP contribution in [0.15, 0.2) is 46.9 Å². The molecule has 6 rings (SSSR count). The number of nitrogens with two attached hydrogens (primary N) is 1. The maximum Gasteiger partial charge on any atom is 0.515 e. The number of para-hydroxylation sites is 1. The summed E-state index contributed by atoms with van der Waals surface area (Å²) in [7, 11) is 2.19. The van der Waals surface area contributed by atoms with Crippen molar-refractivity contribution in [3.05, 3.63) is 58.1 Å². The van der Waals surface area contributed by atoms with Gasteiger partial charge in [0.05, 0.1) is 13.0 Å². The minimum absolute atomic E-state index is 0.0838. The molecule has 2 unspecified atom stereocenters. The highest BCUT2D eigenvalue weighted by atomic mass is 79.9. The lowest BCUT2D eigenvalue weighted by molar-refractivity contribution is -0.942. The second kappa shape index (κ2) is 13.6. The fourth-order valence-electron chi connectivity index (χ4n) is 8.99. The number of hydrogen-bond acceptors (Lipinski definition) is 6. The number of carbonyl (C=O) groups is 3. The number of nitrogen functional groups attached to an aromatic ring is 1. The third-order valence-electron chi connectivity index (χ3n) is 11.6. The molecular formula is C35H48BrN6O4+. The number of nitrogens with one attached hydrogen (secondary N) is 1. The third-order valence-corrected chi connectivity index (χ3v) is 12.3. The van der Waals surface area contributed by atoms with E-state index >= 15 is 0 Å². The number of carboxylic acid groups (broad SMARTS) is 1. The fourth-order valence-corrected chi connectivity index (χ4v) is 9.42. The number of anilines is 2. The average Bonchev–Trinajstić information content (AvgIpc) is 3.22. The van der Waals surface area contributed by atoms with Gasteiger partial charge in [0, 0.05) is 59.9 Å². The zero-order chi connectivity index (χ0) is 32.5. The number of benzene rings is 2. The fraction of sp³-hybridized carbons (Fsp3) is 0.571. The molecule has 3 fully saturated rings. The number of amides is 3. The molecule has 3 saturated heterocycles. The highest BCUT2D eigenvalue weighted by Gasteiger charge is 2.64. The molecule has 46 heavy (non-hydrogen) atoms. The SMILES string of the molecule is CN1CCC(C2CCN(C3(CC=O)CC(N4CCc5ccccc5NC4=O)CC[N@+]3(Cc3ccc(N)c(Br)c3)C(=O)O)CC2)CC1. The van der Waals surface area contributed by atoms with E-state index in [0.29, 0.717) is 49.9 Å². The summed E-state index contributed by atoms with van der Waals surface area (Å²) >= 11 is 3.54. The molecule has 0 aromatic heterocycles. The Morgan fingerprint density at radius 2 is 1.76 bits per heavy atom. The monoisotopic (exact) mass is 695 g/mol. The van der Waals surface area contributed by atoms with Crippen molar-refractivity contribution in [2.45, 2.75) is 69.6 Å². The summed E-state index contributed by atoms with van der Waals surface area (Å²) in [5, 5.41) is 14.4. The van der Waals surface area contributed by atoms with Gasteiger partial charge in [-0.3, -0.25) is 4.90 Å². The van der Waals surface area contributed by atoms with E-state index < -0.39 is 11.8 Å². The summed E-state index contributed by atoms with van der Waals surface area (Å²) in [6, 6.07) is 13.1. The number of fused-ring (bicyclic) bond motifs is 1. The number of urea groups is 1. The number of piperidine rings is 3. The number of carbonyl (C=O) groups excluding carboxylic acids is 2. The first-order chi connectivity index (χ1) is 22.2. The van der Waals surface area contributed by atoms with E-state index in [1.807, 2.05) is 41.3 Å². The van der Waals surface area contributed by atoms with Gasteiger partial charge in [0.2, 0.25) is 0 Å². The maximum atomic E-state index is 13.8. The molecule has 11 heteroatoms. The molecule has 0 saturated carbocycles. The molecule has 4 aliphatic heterocycles. The predicted octanol–water partition coefficient (Wildman–Crippen LogP) is 5.62. The second-order valence-electron chi connectivity index (χ2n) is 14.0. The van der Waals surface area contributed by atoms with Crippen molar-refractivity contribution in [1.29, 1.82) is 0 Å². The molecule has 0 spiro atoms. The lowest BCUT2D eigenvalue weighted by atomic mass is 9.76. The normalized spacial score (nSPS) is 28.7. The van der Waals surface area contributed by atoms with Gasteiger partial charge in [-0.2, -0.15) is 4.79 Å². The lowest BCUT2D eigenvalue weighted by Gasteiger charge is -2.59. The molecule has 4 N–H and O–H groups in total. The van der Waals surface area contributed by atoms with Gasteiger partial charge in [0.15, 0.2) is 5.66 Å². The first kappa shape index (κ1) is 32.9. The van der Waals surface area contributed by atoms with Crippen LogP contribution in [-0.4, -0.2) is 101 Å². The van der Waals surface area contributed by atoms with E-state index in [2.05, 4.69) is 38.1 Å². The molecule has 0 radical (unpaired) electrons. The zero-order valence-corrected chi connectivity index (χ0v) is 28.5. The summed E-state index contributed by atoms with van der Waals surface area (Å²) in [4.78, 5) is 46.8. The van der Waals surface area contributed by atoms with Crippen molar-refractivity contribution < 1.29 is 24.0 Å². The molecular weight excluding hydrogens is 648 g/mol. The molecule has 3 atom stereocenters. The molecule has 0 bridgehead atoms. The highest BCUT2D eigenvalue weighted by molar-refractivity contribution is 9.10. The summed E-state index contributed by atoms with van der Waals surface area (Å²) in [6.07, 6.45) is 6.12. The van der Waals surface area contributed by atoms with Gasteiger partial charge < -0.3 is 30.8 Å². The number of quaternary nitrogens is 1. The molecule has 2 aromatic carbocycles. The smallest absolute Gasteiger partial charge is 0.435 e. The van der Waals surface area contributed by atoms with Crippen LogP contribution in [0.1, 0.15) is 56.1 Å². The van der Waals surface area contributed by atoms with E-state index in [1.54, 1.807) is 6.07 Å². The van der Waals surface area contributed by atoms with Crippen LogP contribution in [0.4, 0.5) is 21.0 Å². The Morgan fingerprint density at radius 3 is 2.43 bits per heavy atom. The number of nitrogens with zero attached hydrogens (tertiary/aromatic N) is 4. The second-order valence-corrected chi connectivity index (χ2v) is 14.8. The van der Waals surface area contributed by atoms with Crippen LogP contribution >= 0.6 is 15.9 Å². The summed E-state index contributed by atoms with van der Waals surface area (Å²) in [5.74, 6) is 1.29. The van der Waals surface area contributed by atoms with Crippen molar-refractivity contribution in [3.63, 3.8) is 0 Å². The Morgan fingerprint density at radius 1 is 1.07 bits per heavy atom. The maximum absolute atomic E-state index is 13.8. The number of rotatable bonds is 7. The Bertz CT molecular complexity index is 1440. The lowest BCUT2D eigenvalue weighted by Crippen LogP contribution is -2.78. The van der Waals surface area contributed by atoms with Crippen LogP contribution in [0.2, 0.25) is 0 Å². The van der Waals surface area contributed by atoms with E-state index in [1.165, 1.54) is 12.8 Å². The molecule has 4 heterocycles. The summed E-state index contributed by atoms with van der Waals surface area (Å²) in [5.41, 5.74) is 8.45. The van der Waals surface area contributed by atoms with Gasteiger partial charge in [-0.05, 0) is 104 Å². The van der Waals surface area contributed by atoms with Crippen molar-refractivity contribution >= 4 is 45.7 Å². The van der Waals surface area contributed by atoms with Crippen LogP contribution in [0.5, 0.6) is 0 Å². The van der Waals surface area contributed by atoms with Gasteiger partial charge in [-0.1, -0.05) is 24.3 Å². The third kappa shape index (κ3) is 6.19. The Hall–Kier alpha value is -2.99. The van der Waals surface area contributed by atoms with Gasteiger partial charge >= 0.3 is 12.1 Å². The average molecular weight is 697 g/mol. The summed E-state index contributed by atoms with van der Waals surface area (Å²) < 4.78 is 0.455. The van der Waals surface area contributed by atoms with Crippen LogP contribution in [0.3, 0.4) is 0 Å². The van der Waals surface area contributed by atoms with Gasteiger partial charge in [-0.15, -0.1) is 0 Å². The summed E-state index contributed by atoms with van der Waals surface area (Å²) in [6.45, 7) is 4.81. The minimum Gasteiger partial charge on any atom is -0.435 e. The van der Waals surface area contributed by atoms with Crippen LogP contribution in [0, 0.1) is 11.8 Å². The number of likely N-dealkylation sites (tertiary alicyclic amines) is 3. The largest absolute Gasteiger partial charge is 0.515 e. The van der Waals surface area contributed by atoms with Gasteiger partial charge in [0.25, 0.3) is 0 Å². The standard InChI is InChI=1S/C35H47BrN6O4/c1-39-15-8-26(9-16-39)27-10-17-40(18-11-27)35(14-21-43)23-29(41-19-12-28-4-2-3-5-32(28)38-33(41)44)13-20-42(35,34(45)46)24-25-6-7-31(37)30(36)22-25/h2-7,21-22,26-27,29H,8-20,23-24,37H2,1H3,(H-,38,44,45,46)/p+1/t29?,35?,42-/m0/s1. The van der Waals surface area contributed by atoms with Gasteiger partial charge in [-0.25, -0.2) is 9.28 Å². The number of aldehydes is 1. The number of hydrogen-bond donors (Lipinski definition) is 3. The van der Waals surface area contributed by atoms with Gasteiger partial charge in [0.1, 0.15) is 12.8 Å². The van der Waals surface area contributed by atoms with E-state index in [4.69, 9.17) is 5.73 Å². The van der Waals surface area contributed by atoms with Crippen molar-refractivity contribution in [3.8, 4) is 0 Å². The van der Waals surface area contributed by atoms with Crippen LogP contribution in [0.25, 0.3) is 0 Å².